The summed E-state index contributed by atoms with van der Waals surface area (Å²) < 4.78 is 6.88. The van der Waals surface area contributed by atoms with E-state index in [-0.39, 0.29) is 19.1 Å². The van der Waals surface area contributed by atoms with Gasteiger partial charge in [0.1, 0.15) is 4.83 Å². The quantitative estimate of drug-likeness (QED) is 0.561. The van der Waals surface area contributed by atoms with E-state index in [0.29, 0.717) is 4.88 Å². The molecule has 8 heteroatoms. The largest absolute Gasteiger partial charge is 0.480 e. The first-order valence-corrected chi connectivity index (χ1v) is 8.35. The molecule has 24 heavy (non-hydrogen) atoms. The second-order valence-corrected chi connectivity index (χ2v) is 6.71. The Balaban J connectivity index is 2.19. The SMILES string of the molecule is C=CCOCC(NC(=O)c1cc2c(C(C)C)nn(C)c2s1)C(=O)O. The topological polar surface area (TPSA) is 93.5 Å². The Hall–Kier alpha value is -2.19. The average Bonchev–Trinajstić information content (AvgIpc) is 3.07. The van der Waals surface area contributed by atoms with Crippen LogP contribution in [-0.2, 0) is 16.6 Å². The van der Waals surface area contributed by atoms with E-state index in [1.165, 1.54) is 17.4 Å². The summed E-state index contributed by atoms with van der Waals surface area (Å²) in [5.74, 6) is -1.34. The second kappa shape index (κ2) is 7.59. The highest BCUT2D eigenvalue weighted by Crippen LogP contribution is 2.31. The Bertz CT molecular complexity index is 763. The maximum atomic E-state index is 12.4. The zero-order chi connectivity index (χ0) is 17.9. The fourth-order valence-electron chi connectivity index (χ4n) is 2.28. The molecule has 1 atom stereocenters. The standard InChI is InChI=1S/C16H21N3O4S/c1-5-6-23-8-11(16(21)22)17-14(20)12-7-10-13(9(2)3)18-19(4)15(10)24-12/h5,7,9,11H,1,6,8H2,2-4H3,(H,17,20)(H,21,22). The number of amides is 1. The molecule has 2 heterocycles. The number of nitrogens with one attached hydrogen (secondary N) is 1. The van der Waals surface area contributed by atoms with Gasteiger partial charge in [0, 0.05) is 12.4 Å². The minimum Gasteiger partial charge on any atom is -0.480 e. The van der Waals surface area contributed by atoms with Crippen LogP contribution in [0.2, 0.25) is 0 Å². The molecule has 2 rings (SSSR count). The Labute approximate surface area is 143 Å². The van der Waals surface area contributed by atoms with Crippen LogP contribution in [0.5, 0.6) is 0 Å². The summed E-state index contributed by atoms with van der Waals surface area (Å²) in [4.78, 5) is 25.0. The number of aromatic nitrogens is 2. The van der Waals surface area contributed by atoms with E-state index in [9.17, 15) is 14.7 Å². The Morgan fingerprint density at radius 3 is 2.83 bits per heavy atom. The fraction of sp³-hybridized carbons (Fsp3) is 0.438. The number of nitrogens with zero attached hydrogens (tertiary/aromatic N) is 2. The smallest absolute Gasteiger partial charge is 0.328 e. The summed E-state index contributed by atoms with van der Waals surface area (Å²) >= 11 is 1.29. The van der Waals surface area contributed by atoms with Gasteiger partial charge < -0.3 is 15.2 Å². The van der Waals surface area contributed by atoms with Gasteiger partial charge in [-0.15, -0.1) is 17.9 Å². The molecule has 1 amide bonds. The number of rotatable bonds is 8. The lowest BCUT2D eigenvalue weighted by atomic mass is 10.1. The molecule has 0 saturated carbocycles. The molecule has 0 aliphatic rings. The highest BCUT2D eigenvalue weighted by molar-refractivity contribution is 7.20. The van der Waals surface area contributed by atoms with Crippen molar-refractivity contribution in [3.8, 4) is 0 Å². The van der Waals surface area contributed by atoms with Gasteiger partial charge in [-0.3, -0.25) is 9.48 Å². The molecule has 0 saturated heterocycles. The molecule has 0 fully saturated rings. The molecule has 0 spiro atoms. The number of fused-ring (bicyclic) bond motifs is 1. The van der Waals surface area contributed by atoms with E-state index in [0.717, 1.165) is 15.9 Å². The van der Waals surface area contributed by atoms with Gasteiger partial charge in [0.15, 0.2) is 6.04 Å². The maximum Gasteiger partial charge on any atom is 0.328 e. The molecule has 2 N–H and O–H groups in total. The predicted octanol–water partition coefficient (Wildman–Crippen LogP) is 2.14. The van der Waals surface area contributed by atoms with Crippen molar-refractivity contribution in [2.75, 3.05) is 13.2 Å². The highest BCUT2D eigenvalue weighted by atomic mass is 32.1. The Morgan fingerprint density at radius 1 is 1.54 bits per heavy atom. The van der Waals surface area contributed by atoms with Crippen LogP contribution < -0.4 is 5.32 Å². The summed E-state index contributed by atoms with van der Waals surface area (Å²) in [6.45, 7) is 7.68. The van der Waals surface area contributed by atoms with Crippen LogP contribution in [0.4, 0.5) is 0 Å². The third-order valence-corrected chi connectivity index (χ3v) is 4.64. The summed E-state index contributed by atoms with van der Waals surface area (Å²) in [6, 6.07) is 0.659. The summed E-state index contributed by atoms with van der Waals surface area (Å²) in [6.07, 6.45) is 1.52. The number of carboxylic acids is 1. The third-order valence-electron chi connectivity index (χ3n) is 3.43. The van der Waals surface area contributed by atoms with Gasteiger partial charge in [-0.1, -0.05) is 19.9 Å². The van der Waals surface area contributed by atoms with Crippen LogP contribution in [0, 0.1) is 0 Å². The Kier molecular flexibility index (Phi) is 5.74. The van der Waals surface area contributed by atoms with Crippen molar-refractivity contribution in [1.82, 2.24) is 15.1 Å². The van der Waals surface area contributed by atoms with Crippen molar-refractivity contribution in [2.24, 2.45) is 7.05 Å². The van der Waals surface area contributed by atoms with E-state index in [4.69, 9.17) is 4.74 Å². The van der Waals surface area contributed by atoms with E-state index < -0.39 is 17.9 Å². The van der Waals surface area contributed by atoms with Crippen molar-refractivity contribution < 1.29 is 19.4 Å². The number of aliphatic carboxylic acids is 1. The zero-order valence-electron chi connectivity index (χ0n) is 13.9. The number of ether oxygens (including phenoxy) is 1. The molecule has 0 bridgehead atoms. The van der Waals surface area contributed by atoms with E-state index in [2.05, 4.69) is 17.0 Å². The number of hydrogen-bond acceptors (Lipinski definition) is 5. The average molecular weight is 351 g/mol. The maximum absolute atomic E-state index is 12.4. The van der Waals surface area contributed by atoms with Crippen molar-refractivity contribution in [3.63, 3.8) is 0 Å². The van der Waals surface area contributed by atoms with Crippen molar-refractivity contribution in [1.29, 1.82) is 0 Å². The number of carbonyl (C=O) groups is 2. The first-order valence-electron chi connectivity index (χ1n) is 7.53. The van der Waals surface area contributed by atoms with Crippen molar-refractivity contribution >= 4 is 33.4 Å². The molecule has 2 aromatic rings. The van der Waals surface area contributed by atoms with Crippen LogP contribution in [-0.4, -0.2) is 46.0 Å². The van der Waals surface area contributed by atoms with Gasteiger partial charge in [-0.2, -0.15) is 5.10 Å². The van der Waals surface area contributed by atoms with Crippen LogP contribution in [0.1, 0.15) is 35.1 Å². The molecule has 0 aliphatic carbocycles. The zero-order valence-corrected chi connectivity index (χ0v) is 14.7. The number of hydrogen-bond donors (Lipinski definition) is 2. The van der Waals surface area contributed by atoms with Gasteiger partial charge >= 0.3 is 5.97 Å². The molecule has 0 radical (unpaired) electrons. The molecule has 2 aromatic heterocycles. The number of carboxylic acid groups (broad SMARTS) is 1. The number of aryl methyl sites for hydroxylation is 1. The fourth-order valence-corrected chi connectivity index (χ4v) is 3.26. The molecule has 7 nitrogen and oxygen atoms in total. The van der Waals surface area contributed by atoms with Gasteiger partial charge in [0.05, 0.1) is 23.8 Å². The van der Waals surface area contributed by atoms with Crippen LogP contribution in [0.15, 0.2) is 18.7 Å². The van der Waals surface area contributed by atoms with E-state index >= 15 is 0 Å². The lowest BCUT2D eigenvalue weighted by Crippen LogP contribution is -2.43. The summed E-state index contributed by atoms with van der Waals surface area (Å²) in [7, 11) is 1.83. The third kappa shape index (κ3) is 3.82. The number of carbonyl (C=O) groups excluding carboxylic acids is 1. The van der Waals surface area contributed by atoms with Crippen LogP contribution in [0.25, 0.3) is 10.2 Å². The molecular formula is C16H21N3O4S. The van der Waals surface area contributed by atoms with Gasteiger partial charge in [-0.05, 0) is 12.0 Å². The highest BCUT2D eigenvalue weighted by Gasteiger charge is 2.23. The van der Waals surface area contributed by atoms with E-state index in [1.807, 2.05) is 20.9 Å². The normalized spacial score (nSPS) is 12.5. The molecule has 1 unspecified atom stereocenters. The summed E-state index contributed by atoms with van der Waals surface area (Å²) in [5.41, 5.74) is 0.923. The first-order chi connectivity index (χ1) is 11.3. The molecular weight excluding hydrogens is 330 g/mol. The van der Waals surface area contributed by atoms with Gasteiger partial charge in [0.2, 0.25) is 0 Å². The van der Waals surface area contributed by atoms with E-state index in [1.54, 1.807) is 10.7 Å². The van der Waals surface area contributed by atoms with Crippen LogP contribution in [0.3, 0.4) is 0 Å². The van der Waals surface area contributed by atoms with Gasteiger partial charge in [-0.25, -0.2) is 4.79 Å². The first kappa shape index (κ1) is 18.2. The minimum atomic E-state index is -1.14. The van der Waals surface area contributed by atoms with Gasteiger partial charge in [0.25, 0.3) is 5.91 Å². The second-order valence-electron chi connectivity index (χ2n) is 5.68. The van der Waals surface area contributed by atoms with Crippen molar-refractivity contribution in [2.45, 2.75) is 25.8 Å². The van der Waals surface area contributed by atoms with Crippen LogP contribution >= 0.6 is 11.3 Å². The monoisotopic (exact) mass is 351 g/mol. The summed E-state index contributed by atoms with van der Waals surface area (Å²) in [5, 5.41) is 17.1. The lowest BCUT2D eigenvalue weighted by Gasteiger charge is -2.13. The lowest BCUT2D eigenvalue weighted by molar-refractivity contribution is -0.140. The minimum absolute atomic E-state index is 0.114. The van der Waals surface area contributed by atoms with Crippen molar-refractivity contribution in [3.05, 3.63) is 29.3 Å². The number of thiophene rings is 1. The molecule has 130 valence electrons. The molecule has 0 aromatic carbocycles. The Morgan fingerprint density at radius 2 is 2.25 bits per heavy atom. The molecule has 0 aliphatic heterocycles. The predicted molar refractivity (Wildman–Crippen MR) is 92.6 cm³/mol.